The third-order valence-electron chi connectivity index (χ3n) is 2.71. The molecule has 0 radical (unpaired) electrons. The molecule has 0 fully saturated rings. The van der Waals surface area contributed by atoms with Gasteiger partial charge in [0.1, 0.15) is 18.3 Å². The lowest BCUT2D eigenvalue weighted by Crippen LogP contribution is -2.42. The van der Waals surface area contributed by atoms with Crippen molar-refractivity contribution < 1.29 is 22.7 Å². The highest BCUT2D eigenvalue weighted by Crippen LogP contribution is 2.31. The summed E-state index contributed by atoms with van der Waals surface area (Å²) in [4.78, 5) is 11.6. The molecule has 0 spiro atoms. The number of methoxy groups -OCH3 is 1. The van der Waals surface area contributed by atoms with E-state index in [1.54, 1.807) is 19.1 Å². The monoisotopic (exact) mass is 324 g/mol. The van der Waals surface area contributed by atoms with E-state index in [2.05, 4.69) is 5.32 Å². The molecule has 0 aliphatic carbocycles. The Morgan fingerprint density at radius 2 is 2.05 bits per heavy atom. The number of anilines is 1. The van der Waals surface area contributed by atoms with Gasteiger partial charge < -0.3 is 15.4 Å². The van der Waals surface area contributed by atoms with Gasteiger partial charge in [0.15, 0.2) is 0 Å². The molecule has 1 rings (SSSR count). The van der Waals surface area contributed by atoms with Gasteiger partial charge in [-0.05, 0) is 25.5 Å². The van der Waals surface area contributed by atoms with E-state index in [1.807, 2.05) is 5.32 Å². The van der Waals surface area contributed by atoms with E-state index in [0.29, 0.717) is 16.5 Å². The number of rotatable bonds is 5. The third kappa shape index (κ3) is 5.34. The Morgan fingerprint density at radius 3 is 2.57 bits per heavy atom. The number of aryl methyl sites for hydroxylation is 1. The maximum atomic E-state index is 12.1. The Kier molecular flexibility index (Phi) is 5.71. The molecule has 1 unspecified atom stereocenters. The highest BCUT2D eigenvalue weighted by Gasteiger charge is 2.28. The zero-order valence-corrected chi connectivity index (χ0v) is 12.5. The van der Waals surface area contributed by atoms with Crippen molar-refractivity contribution in [3.63, 3.8) is 0 Å². The van der Waals surface area contributed by atoms with Crippen molar-refractivity contribution in [1.82, 2.24) is 5.32 Å². The fourth-order valence-corrected chi connectivity index (χ4v) is 1.74. The first-order valence-corrected chi connectivity index (χ1v) is 6.47. The summed E-state index contributed by atoms with van der Waals surface area (Å²) in [5.74, 6) is -0.358. The summed E-state index contributed by atoms with van der Waals surface area (Å²) in [6, 6.07) is 2.37. The SMILES string of the molecule is COc1cc(Cl)c(C)cc1NC(C)C(=O)NCC(F)(F)F. The zero-order valence-electron chi connectivity index (χ0n) is 11.8. The molecule has 0 saturated carbocycles. The standard InChI is InChI=1S/C13H16ClF3N2O2/c1-7-4-10(11(21-3)5-9(7)14)19-8(2)12(20)18-6-13(15,16)17/h4-5,8,19H,6H2,1-3H3,(H,18,20). The minimum absolute atomic E-state index is 0.404. The Labute approximate surface area is 125 Å². The van der Waals surface area contributed by atoms with E-state index in [4.69, 9.17) is 16.3 Å². The molecule has 2 N–H and O–H groups in total. The van der Waals surface area contributed by atoms with Crippen LogP contribution in [0.2, 0.25) is 5.02 Å². The highest BCUT2D eigenvalue weighted by molar-refractivity contribution is 6.31. The number of ether oxygens (including phenoxy) is 1. The van der Waals surface area contributed by atoms with Gasteiger partial charge in [0.25, 0.3) is 0 Å². The van der Waals surface area contributed by atoms with E-state index in [1.165, 1.54) is 14.0 Å². The van der Waals surface area contributed by atoms with Gasteiger partial charge in [0.05, 0.1) is 12.8 Å². The number of nitrogens with one attached hydrogen (secondary N) is 2. The van der Waals surface area contributed by atoms with Crippen molar-refractivity contribution in [2.45, 2.75) is 26.1 Å². The first-order chi connectivity index (χ1) is 9.64. The molecule has 1 aromatic carbocycles. The molecule has 4 nitrogen and oxygen atoms in total. The fraction of sp³-hybridized carbons (Fsp3) is 0.462. The molecular formula is C13H16ClF3N2O2. The summed E-state index contributed by atoms with van der Waals surface area (Å²) < 4.78 is 41.3. The zero-order chi connectivity index (χ0) is 16.2. The Morgan fingerprint density at radius 1 is 1.43 bits per heavy atom. The van der Waals surface area contributed by atoms with Gasteiger partial charge in [0.2, 0.25) is 5.91 Å². The van der Waals surface area contributed by atoms with Crippen LogP contribution in [0.1, 0.15) is 12.5 Å². The van der Waals surface area contributed by atoms with Crippen LogP contribution in [0.25, 0.3) is 0 Å². The van der Waals surface area contributed by atoms with Crippen LogP contribution < -0.4 is 15.4 Å². The van der Waals surface area contributed by atoms with Gasteiger partial charge in [-0.15, -0.1) is 0 Å². The molecule has 0 bridgehead atoms. The van der Waals surface area contributed by atoms with E-state index in [-0.39, 0.29) is 0 Å². The number of carbonyl (C=O) groups is 1. The third-order valence-corrected chi connectivity index (χ3v) is 3.12. The largest absolute Gasteiger partial charge is 0.495 e. The predicted molar refractivity (Wildman–Crippen MR) is 74.9 cm³/mol. The smallest absolute Gasteiger partial charge is 0.405 e. The van der Waals surface area contributed by atoms with E-state index < -0.39 is 24.7 Å². The number of carbonyl (C=O) groups excluding carboxylic acids is 1. The van der Waals surface area contributed by atoms with Crippen molar-refractivity contribution >= 4 is 23.2 Å². The van der Waals surface area contributed by atoms with Gasteiger partial charge in [-0.1, -0.05) is 11.6 Å². The molecular weight excluding hydrogens is 309 g/mol. The second kappa shape index (κ2) is 6.89. The fourth-order valence-electron chi connectivity index (χ4n) is 1.58. The normalized spacial score (nSPS) is 12.7. The van der Waals surface area contributed by atoms with Crippen LogP contribution in [-0.4, -0.2) is 31.8 Å². The average Bonchev–Trinajstić information content (AvgIpc) is 2.38. The van der Waals surface area contributed by atoms with E-state index >= 15 is 0 Å². The van der Waals surface area contributed by atoms with Gasteiger partial charge in [-0.25, -0.2) is 0 Å². The molecule has 0 aromatic heterocycles. The van der Waals surface area contributed by atoms with Gasteiger partial charge in [-0.3, -0.25) is 4.79 Å². The molecule has 8 heteroatoms. The molecule has 1 amide bonds. The maximum Gasteiger partial charge on any atom is 0.405 e. The number of hydrogen-bond acceptors (Lipinski definition) is 3. The van der Waals surface area contributed by atoms with Gasteiger partial charge >= 0.3 is 6.18 Å². The minimum atomic E-state index is -4.44. The lowest BCUT2D eigenvalue weighted by Gasteiger charge is -2.18. The molecule has 1 atom stereocenters. The maximum absolute atomic E-state index is 12.1. The van der Waals surface area contributed by atoms with Crippen LogP contribution in [0, 0.1) is 6.92 Å². The number of hydrogen-bond donors (Lipinski definition) is 2. The van der Waals surface area contributed by atoms with E-state index in [0.717, 1.165) is 5.56 Å². The Balaban J connectivity index is 2.76. The topological polar surface area (TPSA) is 50.4 Å². The van der Waals surface area contributed by atoms with Crippen LogP contribution in [0.5, 0.6) is 5.75 Å². The van der Waals surface area contributed by atoms with Crippen molar-refractivity contribution in [3.8, 4) is 5.75 Å². The number of benzene rings is 1. The highest BCUT2D eigenvalue weighted by atomic mass is 35.5. The quantitative estimate of drug-likeness (QED) is 0.875. The van der Waals surface area contributed by atoms with Crippen LogP contribution in [0.3, 0.4) is 0 Å². The van der Waals surface area contributed by atoms with E-state index in [9.17, 15) is 18.0 Å². The second-order valence-corrected chi connectivity index (χ2v) is 4.91. The summed E-state index contributed by atoms with van der Waals surface area (Å²) in [7, 11) is 1.43. The lowest BCUT2D eigenvalue weighted by atomic mass is 10.2. The minimum Gasteiger partial charge on any atom is -0.495 e. The van der Waals surface area contributed by atoms with Crippen LogP contribution in [0.4, 0.5) is 18.9 Å². The summed E-state index contributed by atoms with van der Waals surface area (Å²) in [5, 5.41) is 5.11. The van der Waals surface area contributed by atoms with Crippen LogP contribution in [-0.2, 0) is 4.79 Å². The van der Waals surface area contributed by atoms with Crippen molar-refractivity contribution in [2.24, 2.45) is 0 Å². The molecule has 118 valence electrons. The summed E-state index contributed by atoms with van der Waals surface area (Å²) in [5.41, 5.74) is 1.23. The van der Waals surface area contributed by atoms with Crippen molar-refractivity contribution in [3.05, 3.63) is 22.7 Å². The van der Waals surface area contributed by atoms with Gasteiger partial charge in [0, 0.05) is 11.1 Å². The van der Waals surface area contributed by atoms with Crippen LogP contribution >= 0.6 is 11.6 Å². The summed E-state index contributed by atoms with van der Waals surface area (Å²) >= 11 is 5.95. The summed E-state index contributed by atoms with van der Waals surface area (Å²) in [6.07, 6.45) is -4.44. The number of alkyl halides is 3. The molecule has 0 saturated heterocycles. The molecule has 0 aliphatic rings. The number of halogens is 4. The number of amides is 1. The molecule has 21 heavy (non-hydrogen) atoms. The first-order valence-electron chi connectivity index (χ1n) is 6.09. The van der Waals surface area contributed by atoms with Gasteiger partial charge in [-0.2, -0.15) is 13.2 Å². The average molecular weight is 325 g/mol. The van der Waals surface area contributed by atoms with Crippen molar-refractivity contribution in [1.29, 1.82) is 0 Å². The first kappa shape index (κ1) is 17.4. The summed E-state index contributed by atoms with van der Waals surface area (Å²) in [6.45, 7) is 1.85. The molecule has 0 aliphatic heterocycles. The second-order valence-electron chi connectivity index (χ2n) is 4.50. The lowest BCUT2D eigenvalue weighted by molar-refractivity contribution is -0.138. The molecule has 1 aromatic rings. The molecule has 0 heterocycles. The van der Waals surface area contributed by atoms with Crippen molar-refractivity contribution in [2.75, 3.05) is 19.0 Å². The van der Waals surface area contributed by atoms with Crippen LogP contribution in [0.15, 0.2) is 12.1 Å². The predicted octanol–water partition coefficient (Wildman–Crippen LogP) is 3.14. The Bertz CT molecular complexity index is 521. The Hall–Kier alpha value is -1.63.